The van der Waals surface area contributed by atoms with Crippen molar-refractivity contribution >= 4 is 11.6 Å². The lowest BCUT2D eigenvalue weighted by molar-refractivity contribution is 0.0748. The minimum atomic E-state index is -0.206. The number of carbonyl (C=O) groups excluding carboxylic acids is 1. The van der Waals surface area contributed by atoms with Crippen LogP contribution in [-0.4, -0.2) is 27.1 Å². The number of rotatable bonds is 4. The van der Waals surface area contributed by atoms with Crippen LogP contribution in [0.4, 0.5) is 5.69 Å². The van der Waals surface area contributed by atoms with Gasteiger partial charge in [-0.25, -0.2) is 0 Å². The Morgan fingerprint density at radius 3 is 2.45 bits per heavy atom. The molecule has 1 fully saturated rings. The molecule has 5 nitrogen and oxygen atoms in total. The first-order valence-electron chi connectivity index (χ1n) is 10.7. The Kier molecular flexibility index (Phi) is 5.39. The lowest BCUT2D eigenvalue weighted by atomic mass is 9.95. The van der Waals surface area contributed by atoms with E-state index in [-0.39, 0.29) is 28.9 Å². The second-order valence-corrected chi connectivity index (χ2v) is 8.71. The predicted octanol–water partition coefficient (Wildman–Crippen LogP) is 5.12. The molecule has 0 radical (unpaired) electrons. The first-order chi connectivity index (χ1) is 13.9. The average Bonchev–Trinajstić information content (AvgIpc) is 3.11. The molecule has 1 saturated carbocycles. The average molecular weight is 395 g/mol. The molecule has 4 rings (SSSR count). The molecule has 2 aliphatic rings. The van der Waals surface area contributed by atoms with E-state index in [1.165, 1.54) is 38.2 Å². The molecule has 2 aromatic carbocycles. The van der Waals surface area contributed by atoms with Gasteiger partial charge in [0.25, 0.3) is 5.91 Å². The molecular weight excluding hydrogens is 364 g/mol. The molecule has 0 saturated heterocycles. The largest absolute Gasteiger partial charge is 0.508 e. The number of hydrogen-bond donors (Lipinski definition) is 3. The van der Waals surface area contributed by atoms with Crippen LogP contribution in [0.3, 0.4) is 0 Å². The Morgan fingerprint density at radius 1 is 1.00 bits per heavy atom. The summed E-state index contributed by atoms with van der Waals surface area (Å²) in [7, 11) is 0. The minimum absolute atomic E-state index is 0.0252. The van der Waals surface area contributed by atoms with Gasteiger partial charge in [-0.15, -0.1) is 0 Å². The number of nitrogens with one attached hydrogen (secondary N) is 1. The van der Waals surface area contributed by atoms with Crippen LogP contribution in [0.2, 0.25) is 0 Å². The topological polar surface area (TPSA) is 72.8 Å². The Balaban J connectivity index is 1.50. The maximum Gasteiger partial charge on any atom is 0.258 e. The van der Waals surface area contributed by atoms with Crippen molar-refractivity contribution in [1.82, 2.24) is 4.90 Å². The van der Waals surface area contributed by atoms with Crippen molar-refractivity contribution in [2.45, 2.75) is 71.0 Å². The summed E-state index contributed by atoms with van der Waals surface area (Å²) >= 11 is 0. The molecule has 1 amide bonds. The maximum atomic E-state index is 13.1. The maximum absolute atomic E-state index is 13.1. The van der Waals surface area contributed by atoms with Gasteiger partial charge in [0.05, 0.1) is 5.56 Å². The van der Waals surface area contributed by atoms with E-state index in [2.05, 4.69) is 23.5 Å². The zero-order valence-corrected chi connectivity index (χ0v) is 17.2. The van der Waals surface area contributed by atoms with Crippen LogP contribution < -0.4 is 5.32 Å². The number of benzene rings is 2. The number of phenolic OH excluding ortho intramolecular Hbond substituents is 2. The fourth-order valence-electron chi connectivity index (χ4n) is 4.51. The molecule has 1 aliphatic carbocycles. The number of hydrogen-bond acceptors (Lipinski definition) is 4. The van der Waals surface area contributed by atoms with Crippen molar-refractivity contribution in [3.63, 3.8) is 0 Å². The van der Waals surface area contributed by atoms with Gasteiger partial charge in [-0.3, -0.25) is 4.79 Å². The summed E-state index contributed by atoms with van der Waals surface area (Å²) in [5.74, 6) is -0.293. The summed E-state index contributed by atoms with van der Waals surface area (Å²) in [5.41, 5.74) is 4.35. The molecule has 5 heteroatoms. The summed E-state index contributed by atoms with van der Waals surface area (Å²) in [6, 6.07) is 9.81. The van der Waals surface area contributed by atoms with Crippen molar-refractivity contribution in [3.05, 3.63) is 52.6 Å². The zero-order chi connectivity index (χ0) is 20.5. The third kappa shape index (κ3) is 4.04. The van der Waals surface area contributed by atoms with E-state index in [1.54, 1.807) is 11.0 Å². The number of aromatic hydroxyl groups is 2. The quantitative estimate of drug-likeness (QED) is 0.673. The van der Waals surface area contributed by atoms with Gasteiger partial charge >= 0.3 is 0 Å². The van der Waals surface area contributed by atoms with Gasteiger partial charge in [0.2, 0.25) is 0 Å². The highest BCUT2D eigenvalue weighted by Crippen LogP contribution is 2.35. The third-order valence-corrected chi connectivity index (χ3v) is 6.19. The van der Waals surface area contributed by atoms with E-state index < -0.39 is 0 Å². The Bertz CT molecular complexity index is 917. The van der Waals surface area contributed by atoms with Crippen LogP contribution in [0, 0.1) is 0 Å². The van der Waals surface area contributed by atoms with Crippen molar-refractivity contribution in [2.75, 3.05) is 5.32 Å². The summed E-state index contributed by atoms with van der Waals surface area (Å²) in [6.45, 7) is 4.97. The fourth-order valence-corrected chi connectivity index (χ4v) is 4.51. The smallest absolute Gasteiger partial charge is 0.258 e. The lowest BCUT2D eigenvalue weighted by Gasteiger charge is -2.24. The highest BCUT2D eigenvalue weighted by molar-refractivity contribution is 5.97. The molecule has 3 N–H and O–H groups in total. The van der Waals surface area contributed by atoms with Gasteiger partial charge in [-0.2, -0.15) is 0 Å². The minimum Gasteiger partial charge on any atom is -0.508 e. The SMILES string of the molecule is CC(C)c1cc(C(=O)N2Cc3ccc(NC4CCCCC4)cc3C2)c(O)cc1O. The van der Waals surface area contributed by atoms with Crippen molar-refractivity contribution in [2.24, 2.45) is 0 Å². The van der Waals surface area contributed by atoms with E-state index >= 15 is 0 Å². The molecule has 1 aliphatic heterocycles. The molecule has 0 atom stereocenters. The standard InChI is InChI=1S/C24H30N2O3/c1-15(2)20-11-21(23(28)12-22(20)27)24(29)26-13-16-8-9-19(10-17(16)14-26)25-18-6-4-3-5-7-18/h8-12,15,18,25,27-28H,3-7,13-14H2,1-2H3. The fraction of sp³-hybridized carbons (Fsp3) is 0.458. The number of amides is 1. The summed E-state index contributed by atoms with van der Waals surface area (Å²) in [5, 5.41) is 24.0. The zero-order valence-electron chi connectivity index (χ0n) is 17.2. The number of phenols is 2. The number of fused-ring (bicyclic) bond motifs is 1. The first kappa shape index (κ1) is 19.6. The number of carbonyl (C=O) groups is 1. The molecule has 1 heterocycles. The summed E-state index contributed by atoms with van der Waals surface area (Å²) < 4.78 is 0. The van der Waals surface area contributed by atoms with Gasteiger partial charge in [-0.05, 0) is 53.6 Å². The molecule has 0 spiro atoms. The number of nitrogens with zero attached hydrogens (tertiary/aromatic N) is 1. The summed E-state index contributed by atoms with van der Waals surface area (Å²) in [4.78, 5) is 14.8. The van der Waals surface area contributed by atoms with E-state index in [1.807, 2.05) is 13.8 Å². The second-order valence-electron chi connectivity index (χ2n) is 8.71. The van der Waals surface area contributed by atoms with Crippen LogP contribution in [0.5, 0.6) is 11.5 Å². The lowest BCUT2D eigenvalue weighted by Crippen LogP contribution is -2.25. The molecule has 0 bridgehead atoms. The Morgan fingerprint density at radius 2 is 1.72 bits per heavy atom. The highest BCUT2D eigenvalue weighted by atomic mass is 16.3. The Labute approximate surface area is 172 Å². The van der Waals surface area contributed by atoms with E-state index in [0.29, 0.717) is 24.7 Å². The van der Waals surface area contributed by atoms with Gasteiger partial charge in [-0.1, -0.05) is 39.2 Å². The molecule has 2 aromatic rings. The van der Waals surface area contributed by atoms with Gasteiger partial charge in [0.15, 0.2) is 0 Å². The number of anilines is 1. The van der Waals surface area contributed by atoms with Crippen LogP contribution in [0.1, 0.15) is 78.9 Å². The molecule has 154 valence electrons. The van der Waals surface area contributed by atoms with Crippen LogP contribution in [0.25, 0.3) is 0 Å². The third-order valence-electron chi connectivity index (χ3n) is 6.19. The van der Waals surface area contributed by atoms with Gasteiger partial charge in [0, 0.05) is 30.9 Å². The van der Waals surface area contributed by atoms with Crippen LogP contribution in [0.15, 0.2) is 30.3 Å². The van der Waals surface area contributed by atoms with E-state index in [0.717, 1.165) is 16.8 Å². The van der Waals surface area contributed by atoms with Crippen molar-refractivity contribution in [1.29, 1.82) is 0 Å². The molecular formula is C24H30N2O3. The molecule has 0 unspecified atom stereocenters. The van der Waals surface area contributed by atoms with Crippen LogP contribution in [-0.2, 0) is 13.1 Å². The van der Waals surface area contributed by atoms with Gasteiger partial charge < -0.3 is 20.4 Å². The molecule has 29 heavy (non-hydrogen) atoms. The van der Waals surface area contributed by atoms with Crippen molar-refractivity contribution in [3.8, 4) is 11.5 Å². The van der Waals surface area contributed by atoms with E-state index in [4.69, 9.17) is 0 Å². The predicted molar refractivity (Wildman–Crippen MR) is 114 cm³/mol. The normalized spacial score (nSPS) is 16.9. The molecule has 0 aromatic heterocycles. The monoisotopic (exact) mass is 394 g/mol. The highest BCUT2D eigenvalue weighted by Gasteiger charge is 2.27. The van der Waals surface area contributed by atoms with Gasteiger partial charge in [0.1, 0.15) is 11.5 Å². The van der Waals surface area contributed by atoms with Crippen LogP contribution >= 0.6 is 0 Å². The summed E-state index contributed by atoms with van der Waals surface area (Å²) in [6.07, 6.45) is 6.36. The Hall–Kier alpha value is -2.69. The van der Waals surface area contributed by atoms with Crippen molar-refractivity contribution < 1.29 is 15.0 Å². The van der Waals surface area contributed by atoms with E-state index in [9.17, 15) is 15.0 Å². The first-order valence-corrected chi connectivity index (χ1v) is 10.7. The second kappa shape index (κ2) is 7.97.